The van der Waals surface area contributed by atoms with Crippen LogP contribution in [0.3, 0.4) is 0 Å². The maximum Gasteiger partial charge on any atom is 0.234 e. The van der Waals surface area contributed by atoms with Crippen LogP contribution in [0.15, 0.2) is 41.8 Å². The number of carbonyl (C=O) groups excluding carboxylic acids is 1. The molecule has 1 amide bonds. The zero-order valence-corrected chi connectivity index (χ0v) is 15.2. The van der Waals surface area contributed by atoms with Gasteiger partial charge in [0, 0.05) is 36.7 Å². The van der Waals surface area contributed by atoms with Gasteiger partial charge in [-0.1, -0.05) is 24.3 Å². The van der Waals surface area contributed by atoms with Crippen LogP contribution < -0.4 is 10.2 Å². The number of thiophene rings is 1. The Morgan fingerprint density at radius 1 is 1.17 bits per heavy atom. The first-order valence-electron chi connectivity index (χ1n) is 8.49. The summed E-state index contributed by atoms with van der Waals surface area (Å²) in [6.07, 6.45) is 0. The summed E-state index contributed by atoms with van der Waals surface area (Å²) in [5.74, 6) is 0.111. The number of hydrogen-bond donors (Lipinski definition) is 1. The topological polar surface area (TPSA) is 35.6 Å². The van der Waals surface area contributed by atoms with Crippen LogP contribution in [0.25, 0.3) is 0 Å². The highest BCUT2D eigenvalue weighted by molar-refractivity contribution is 7.10. The van der Waals surface area contributed by atoms with E-state index in [1.165, 1.54) is 16.1 Å². The highest BCUT2D eigenvalue weighted by Crippen LogP contribution is 2.21. The van der Waals surface area contributed by atoms with E-state index in [4.69, 9.17) is 0 Å². The fourth-order valence-electron chi connectivity index (χ4n) is 3.16. The zero-order chi connectivity index (χ0) is 16.9. The molecule has 0 unspecified atom stereocenters. The molecule has 24 heavy (non-hydrogen) atoms. The predicted octanol–water partition coefficient (Wildman–Crippen LogP) is 3.06. The number of para-hydroxylation sites is 1. The number of anilines is 1. The van der Waals surface area contributed by atoms with Gasteiger partial charge in [-0.25, -0.2) is 0 Å². The molecule has 0 radical (unpaired) electrons. The SMILES string of the molecule is Cc1ccccc1N1CCN(CC(=O)N[C@H](C)c2cccs2)CC1. The van der Waals surface area contributed by atoms with Gasteiger partial charge in [0.05, 0.1) is 12.6 Å². The van der Waals surface area contributed by atoms with Gasteiger partial charge in [0.15, 0.2) is 0 Å². The summed E-state index contributed by atoms with van der Waals surface area (Å²) in [6.45, 7) is 8.47. The van der Waals surface area contributed by atoms with Gasteiger partial charge < -0.3 is 10.2 Å². The van der Waals surface area contributed by atoms with Crippen molar-refractivity contribution < 1.29 is 4.79 Å². The molecule has 4 nitrogen and oxygen atoms in total. The third kappa shape index (κ3) is 4.16. The number of nitrogens with zero attached hydrogens (tertiary/aromatic N) is 2. The van der Waals surface area contributed by atoms with E-state index in [0.29, 0.717) is 6.54 Å². The average Bonchev–Trinajstić information content (AvgIpc) is 3.11. The molecule has 1 N–H and O–H groups in total. The van der Waals surface area contributed by atoms with E-state index >= 15 is 0 Å². The van der Waals surface area contributed by atoms with Crippen molar-refractivity contribution in [2.45, 2.75) is 19.9 Å². The lowest BCUT2D eigenvalue weighted by atomic mass is 10.1. The summed E-state index contributed by atoms with van der Waals surface area (Å²) in [5, 5.41) is 5.14. The second-order valence-corrected chi connectivity index (χ2v) is 7.33. The van der Waals surface area contributed by atoms with Crippen molar-refractivity contribution in [3.8, 4) is 0 Å². The molecule has 1 fully saturated rings. The number of carbonyl (C=O) groups is 1. The van der Waals surface area contributed by atoms with Crippen molar-refractivity contribution in [3.63, 3.8) is 0 Å². The third-order valence-corrected chi connectivity index (χ3v) is 5.60. The number of hydrogen-bond acceptors (Lipinski definition) is 4. The number of rotatable bonds is 5. The Morgan fingerprint density at radius 2 is 1.92 bits per heavy atom. The van der Waals surface area contributed by atoms with Crippen LogP contribution in [0.2, 0.25) is 0 Å². The molecule has 1 atom stereocenters. The quantitative estimate of drug-likeness (QED) is 0.906. The van der Waals surface area contributed by atoms with E-state index in [2.05, 4.69) is 52.4 Å². The summed E-state index contributed by atoms with van der Waals surface area (Å²) >= 11 is 1.68. The van der Waals surface area contributed by atoms with Gasteiger partial charge in [0.2, 0.25) is 5.91 Å². The Hall–Kier alpha value is -1.85. The number of amides is 1. The summed E-state index contributed by atoms with van der Waals surface area (Å²) < 4.78 is 0. The van der Waals surface area contributed by atoms with Crippen LogP contribution in [-0.2, 0) is 4.79 Å². The standard InChI is InChI=1S/C19H25N3OS/c1-15-6-3-4-7-17(15)22-11-9-21(10-12-22)14-19(23)20-16(2)18-8-5-13-24-18/h3-8,13,16H,9-12,14H2,1-2H3,(H,20,23)/t16-/m1/s1. The third-order valence-electron chi connectivity index (χ3n) is 4.54. The maximum atomic E-state index is 12.3. The second kappa shape index (κ2) is 7.81. The van der Waals surface area contributed by atoms with Crippen LogP contribution >= 0.6 is 11.3 Å². The Balaban J connectivity index is 1.47. The van der Waals surface area contributed by atoms with E-state index < -0.39 is 0 Å². The minimum absolute atomic E-state index is 0.0887. The van der Waals surface area contributed by atoms with Crippen molar-refractivity contribution in [2.24, 2.45) is 0 Å². The molecule has 3 rings (SSSR count). The molecule has 2 heterocycles. The van der Waals surface area contributed by atoms with Crippen LogP contribution in [0.5, 0.6) is 0 Å². The first kappa shape index (κ1) is 17.0. The molecule has 128 valence electrons. The molecule has 5 heteroatoms. The Kier molecular flexibility index (Phi) is 5.53. The predicted molar refractivity (Wildman–Crippen MR) is 101 cm³/mol. The summed E-state index contributed by atoms with van der Waals surface area (Å²) in [5.41, 5.74) is 2.63. The first-order valence-corrected chi connectivity index (χ1v) is 9.37. The van der Waals surface area contributed by atoms with Gasteiger partial charge in [-0.05, 0) is 36.9 Å². The van der Waals surface area contributed by atoms with Gasteiger partial charge in [-0.2, -0.15) is 0 Å². The van der Waals surface area contributed by atoms with E-state index in [1.54, 1.807) is 11.3 Å². The van der Waals surface area contributed by atoms with Crippen molar-refractivity contribution in [2.75, 3.05) is 37.6 Å². The van der Waals surface area contributed by atoms with Gasteiger partial charge >= 0.3 is 0 Å². The largest absolute Gasteiger partial charge is 0.369 e. The summed E-state index contributed by atoms with van der Waals surface area (Å²) in [7, 11) is 0. The average molecular weight is 343 g/mol. The van der Waals surface area contributed by atoms with Crippen LogP contribution in [0.4, 0.5) is 5.69 Å². The Labute approximate surface area is 148 Å². The monoisotopic (exact) mass is 343 g/mol. The summed E-state index contributed by atoms with van der Waals surface area (Å²) in [6, 6.07) is 12.7. The minimum atomic E-state index is 0.0887. The molecular weight excluding hydrogens is 318 g/mol. The zero-order valence-electron chi connectivity index (χ0n) is 14.4. The molecular formula is C19H25N3OS. The number of nitrogens with one attached hydrogen (secondary N) is 1. The molecule has 1 aromatic carbocycles. The van der Waals surface area contributed by atoms with Crippen molar-refractivity contribution >= 4 is 22.9 Å². The summed E-state index contributed by atoms with van der Waals surface area (Å²) in [4.78, 5) is 18.1. The highest BCUT2D eigenvalue weighted by atomic mass is 32.1. The normalized spacial score (nSPS) is 16.8. The first-order chi connectivity index (χ1) is 11.6. The fraction of sp³-hybridized carbons (Fsp3) is 0.421. The lowest BCUT2D eigenvalue weighted by Gasteiger charge is -2.36. The van der Waals surface area contributed by atoms with E-state index in [1.807, 2.05) is 18.4 Å². The molecule has 0 bridgehead atoms. The van der Waals surface area contributed by atoms with E-state index in [9.17, 15) is 4.79 Å². The smallest absolute Gasteiger partial charge is 0.234 e. The highest BCUT2D eigenvalue weighted by Gasteiger charge is 2.20. The van der Waals surface area contributed by atoms with Crippen molar-refractivity contribution in [1.82, 2.24) is 10.2 Å². The lowest BCUT2D eigenvalue weighted by Crippen LogP contribution is -2.49. The van der Waals surface area contributed by atoms with Gasteiger partial charge in [-0.15, -0.1) is 11.3 Å². The Morgan fingerprint density at radius 3 is 2.58 bits per heavy atom. The van der Waals surface area contributed by atoms with Gasteiger partial charge in [-0.3, -0.25) is 9.69 Å². The van der Waals surface area contributed by atoms with Crippen molar-refractivity contribution in [1.29, 1.82) is 0 Å². The fourth-order valence-corrected chi connectivity index (χ4v) is 3.90. The molecule has 1 saturated heterocycles. The van der Waals surface area contributed by atoms with Gasteiger partial charge in [0.1, 0.15) is 0 Å². The molecule has 1 aliphatic heterocycles. The van der Waals surface area contributed by atoms with Crippen molar-refractivity contribution in [3.05, 3.63) is 52.2 Å². The van der Waals surface area contributed by atoms with E-state index in [-0.39, 0.29) is 11.9 Å². The molecule has 0 saturated carbocycles. The molecule has 1 aromatic heterocycles. The van der Waals surface area contributed by atoms with Gasteiger partial charge in [0.25, 0.3) is 0 Å². The van der Waals surface area contributed by atoms with E-state index in [0.717, 1.165) is 26.2 Å². The van der Waals surface area contributed by atoms with Crippen LogP contribution in [-0.4, -0.2) is 43.5 Å². The number of piperazine rings is 1. The van der Waals surface area contributed by atoms with Crippen LogP contribution in [0.1, 0.15) is 23.4 Å². The Bertz CT molecular complexity index is 663. The molecule has 0 aliphatic carbocycles. The number of aryl methyl sites for hydroxylation is 1. The lowest BCUT2D eigenvalue weighted by molar-refractivity contribution is -0.122. The minimum Gasteiger partial charge on any atom is -0.369 e. The second-order valence-electron chi connectivity index (χ2n) is 6.35. The van der Waals surface area contributed by atoms with Crippen LogP contribution in [0, 0.1) is 6.92 Å². The molecule has 1 aliphatic rings. The molecule has 2 aromatic rings. The number of benzene rings is 1. The molecule has 0 spiro atoms. The maximum absolute atomic E-state index is 12.3.